The van der Waals surface area contributed by atoms with E-state index in [9.17, 15) is 4.79 Å². The molecule has 13 heavy (non-hydrogen) atoms. The fourth-order valence-corrected chi connectivity index (χ4v) is 1.25. The van der Waals surface area contributed by atoms with Crippen LogP contribution in [0.4, 0.5) is 0 Å². The molecule has 1 aliphatic carbocycles. The minimum atomic E-state index is -0.277. The minimum absolute atomic E-state index is 0.104. The van der Waals surface area contributed by atoms with Crippen LogP contribution in [0.25, 0.3) is 0 Å². The summed E-state index contributed by atoms with van der Waals surface area (Å²) in [4.78, 5) is 11.6. The van der Waals surface area contributed by atoms with Crippen LogP contribution < -0.4 is 5.32 Å². The highest BCUT2D eigenvalue weighted by molar-refractivity contribution is 5.82. The molecule has 2 N–H and O–H groups in total. The summed E-state index contributed by atoms with van der Waals surface area (Å²) in [5.41, 5.74) is -0.277. The zero-order valence-corrected chi connectivity index (χ0v) is 8.63. The van der Waals surface area contributed by atoms with Gasteiger partial charge < -0.3 is 10.4 Å². The normalized spacial score (nSPS) is 28.0. The highest BCUT2D eigenvalue weighted by Gasteiger charge is 2.32. The third kappa shape index (κ3) is 2.44. The molecule has 0 aromatic heterocycles. The molecule has 0 radical (unpaired) electrons. The van der Waals surface area contributed by atoms with Gasteiger partial charge in [0.1, 0.15) is 0 Å². The van der Waals surface area contributed by atoms with Crippen LogP contribution in [-0.2, 0) is 4.79 Å². The maximum absolute atomic E-state index is 11.6. The number of aliphatic hydroxyl groups excluding tert-OH is 1. The molecule has 0 aromatic carbocycles. The number of nitrogens with one attached hydrogen (secondary N) is 1. The molecule has 1 saturated carbocycles. The lowest BCUT2D eigenvalue weighted by atomic mass is 9.85. The second-order valence-corrected chi connectivity index (χ2v) is 4.53. The Morgan fingerprint density at radius 1 is 1.54 bits per heavy atom. The van der Waals surface area contributed by atoms with E-state index >= 15 is 0 Å². The van der Waals surface area contributed by atoms with E-state index in [2.05, 4.69) is 5.32 Å². The summed E-state index contributed by atoms with van der Waals surface area (Å²) in [6.45, 7) is 5.89. The molecule has 76 valence electrons. The largest absolute Gasteiger partial charge is 0.393 e. The molecule has 1 fully saturated rings. The first-order valence-electron chi connectivity index (χ1n) is 4.94. The van der Waals surface area contributed by atoms with Gasteiger partial charge in [-0.25, -0.2) is 0 Å². The Hall–Kier alpha value is -0.570. The van der Waals surface area contributed by atoms with Crippen molar-refractivity contribution in [3.05, 3.63) is 0 Å². The fraction of sp³-hybridized carbons (Fsp3) is 0.900. The van der Waals surface area contributed by atoms with E-state index in [4.69, 9.17) is 5.11 Å². The monoisotopic (exact) mass is 185 g/mol. The van der Waals surface area contributed by atoms with Gasteiger partial charge >= 0.3 is 0 Å². The third-order valence-electron chi connectivity index (χ3n) is 2.95. The van der Waals surface area contributed by atoms with Crippen LogP contribution in [0.2, 0.25) is 0 Å². The minimum Gasteiger partial charge on any atom is -0.393 e. The number of hydrogen-bond acceptors (Lipinski definition) is 2. The Morgan fingerprint density at radius 3 is 2.46 bits per heavy atom. The maximum Gasteiger partial charge on any atom is 0.225 e. The molecule has 3 heteroatoms. The molecule has 0 aliphatic heterocycles. The van der Waals surface area contributed by atoms with Crippen molar-refractivity contribution in [3.8, 4) is 0 Å². The molecular formula is C10H19NO2. The Kier molecular flexibility index (Phi) is 2.96. The van der Waals surface area contributed by atoms with Gasteiger partial charge in [-0.05, 0) is 19.3 Å². The van der Waals surface area contributed by atoms with Crippen LogP contribution in [0.3, 0.4) is 0 Å². The van der Waals surface area contributed by atoms with E-state index in [-0.39, 0.29) is 23.5 Å². The number of rotatable bonds is 3. The van der Waals surface area contributed by atoms with Crippen molar-refractivity contribution in [2.45, 2.75) is 52.2 Å². The van der Waals surface area contributed by atoms with Gasteiger partial charge in [-0.15, -0.1) is 0 Å². The van der Waals surface area contributed by atoms with Crippen molar-refractivity contribution in [1.29, 1.82) is 0 Å². The summed E-state index contributed by atoms with van der Waals surface area (Å²) in [7, 11) is 0. The first-order chi connectivity index (χ1) is 5.95. The van der Waals surface area contributed by atoms with Gasteiger partial charge in [0, 0.05) is 11.5 Å². The van der Waals surface area contributed by atoms with E-state index in [1.165, 1.54) is 0 Å². The summed E-state index contributed by atoms with van der Waals surface area (Å²) in [5.74, 6) is 0.104. The molecule has 1 aliphatic rings. The van der Waals surface area contributed by atoms with Gasteiger partial charge in [0.05, 0.1) is 6.10 Å². The van der Waals surface area contributed by atoms with E-state index in [0.717, 1.165) is 6.42 Å². The lowest BCUT2D eigenvalue weighted by Gasteiger charge is -2.34. The zero-order chi connectivity index (χ0) is 10.1. The summed E-state index contributed by atoms with van der Waals surface area (Å²) >= 11 is 0. The van der Waals surface area contributed by atoms with Gasteiger partial charge in [-0.2, -0.15) is 0 Å². The van der Waals surface area contributed by atoms with Crippen molar-refractivity contribution in [2.24, 2.45) is 5.41 Å². The van der Waals surface area contributed by atoms with E-state index in [0.29, 0.717) is 12.8 Å². The van der Waals surface area contributed by atoms with Crippen molar-refractivity contribution < 1.29 is 9.90 Å². The van der Waals surface area contributed by atoms with Crippen molar-refractivity contribution in [2.75, 3.05) is 0 Å². The lowest BCUT2D eigenvalue weighted by molar-refractivity contribution is -0.131. The van der Waals surface area contributed by atoms with Crippen molar-refractivity contribution in [3.63, 3.8) is 0 Å². The Bertz CT molecular complexity index is 195. The molecule has 0 aromatic rings. The molecule has 0 saturated heterocycles. The smallest absolute Gasteiger partial charge is 0.225 e. The summed E-state index contributed by atoms with van der Waals surface area (Å²) in [6, 6.07) is 0.202. The number of aliphatic hydroxyl groups is 1. The van der Waals surface area contributed by atoms with Gasteiger partial charge in [0.15, 0.2) is 0 Å². The van der Waals surface area contributed by atoms with Crippen LogP contribution in [0.5, 0.6) is 0 Å². The van der Waals surface area contributed by atoms with Crippen molar-refractivity contribution >= 4 is 5.91 Å². The highest BCUT2D eigenvalue weighted by atomic mass is 16.3. The highest BCUT2D eigenvalue weighted by Crippen LogP contribution is 2.24. The van der Waals surface area contributed by atoms with Crippen LogP contribution >= 0.6 is 0 Å². The lowest BCUT2D eigenvalue weighted by Crippen LogP contribution is -2.50. The molecule has 0 atom stereocenters. The predicted molar refractivity (Wildman–Crippen MR) is 51.2 cm³/mol. The second-order valence-electron chi connectivity index (χ2n) is 4.53. The molecule has 0 spiro atoms. The Labute approximate surface area is 79.5 Å². The first kappa shape index (κ1) is 10.5. The number of amides is 1. The predicted octanol–water partition coefficient (Wildman–Crippen LogP) is 1.06. The number of hydrogen-bond donors (Lipinski definition) is 2. The molecule has 1 rings (SSSR count). The molecule has 0 unspecified atom stereocenters. The van der Waals surface area contributed by atoms with Gasteiger partial charge in [0.2, 0.25) is 5.91 Å². The van der Waals surface area contributed by atoms with Gasteiger partial charge in [-0.3, -0.25) is 4.79 Å². The number of carbonyl (C=O) groups is 1. The van der Waals surface area contributed by atoms with E-state index in [1.54, 1.807) is 0 Å². The topological polar surface area (TPSA) is 49.3 Å². The van der Waals surface area contributed by atoms with E-state index in [1.807, 2.05) is 20.8 Å². The quantitative estimate of drug-likeness (QED) is 0.690. The third-order valence-corrected chi connectivity index (χ3v) is 2.95. The van der Waals surface area contributed by atoms with E-state index < -0.39 is 0 Å². The standard InChI is InChI=1S/C10H19NO2/c1-4-10(2,3)9(13)11-7-5-8(12)6-7/h7-8,12H,4-6H2,1-3H3,(H,11,13). The summed E-state index contributed by atoms with van der Waals surface area (Å²) < 4.78 is 0. The van der Waals surface area contributed by atoms with Gasteiger partial charge in [0.25, 0.3) is 0 Å². The molecular weight excluding hydrogens is 166 g/mol. The molecule has 0 heterocycles. The average molecular weight is 185 g/mol. The molecule has 0 bridgehead atoms. The van der Waals surface area contributed by atoms with Crippen LogP contribution in [0.1, 0.15) is 40.0 Å². The number of carbonyl (C=O) groups excluding carboxylic acids is 1. The average Bonchev–Trinajstić information content (AvgIpc) is 2.01. The summed E-state index contributed by atoms with van der Waals surface area (Å²) in [6.07, 6.45) is 2.07. The van der Waals surface area contributed by atoms with Crippen LogP contribution in [-0.4, -0.2) is 23.2 Å². The Morgan fingerprint density at radius 2 is 2.08 bits per heavy atom. The van der Waals surface area contributed by atoms with Crippen molar-refractivity contribution in [1.82, 2.24) is 5.32 Å². The SMILES string of the molecule is CCC(C)(C)C(=O)NC1CC(O)C1. The maximum atomic E-state index is 11.6. The second kappa shape index (κ2) is 3.66. The van der Waals surface area contributed by atoms with Crippen LogP contribution in [0, 0.1) is 5.41 Å². The first-order valence-corrected chi connectivity index (χ1v) is 4.94. The Balaban J connectivity index is 2.33. The van der Waals surface area contributed by atoms with Crippen LogP contribution in [0.15, 0.2) is 0 Å². The molecule has 1 amide bonds. The molecule has 3 nitrogen and oxygen atoms in total. The summed E-state index contributed by atoms with van der Waals surface area (Å²) in [5, 5.41) is 12.0. The zero-order valence-electron chi connectivity index (χ0n) is 8.63. The fourth-order valence-electron chi connectivity index (χ4n) is 1.25. The van der Waals surface area contributed by atoms with Gasteiger partial charge in [-0.1, -0.05) is 20.8 Å².